The van der Waals surface area contributed by atoms with Gasteiger partial charge in [-0.3, -0.25) is 0 Å². The van der Waals surface area contributed by atoms with Crippen LogP contribution in [0.1, 0.15) is 26.7 Å². The number of unbranched alkanes of at least 4 members (excludes halogenated alkanes) is 1. The summed E-state index contributed by atoms with van der Waals surface area (Å²) in [6.45, 7) is 6.63. The highest BCUT2D eigenvalue weighted by molar-refractivity contribution is 4.95. The van der Waals surface area contributed by atoms with E-state index in [1.54, 1.807) is 0 Å². The van der Waals surface area contributed by atoms with Gasteiger partial charge in [-0.05, 0) is 13.3 Å². The molecule has 4 nitrogen and oxygen atoms in total. The molecule has 0 bridgehead atoms. The Bertz CT molecular complexity index is 203. The Labute approximate surface area is 105 Å². The van der Waals surface area contributed by atoms with E-state index < -0.39 is 6.10 Å². The zero-order chi connectivity index (χ0) is 12.9. The van der Waals surface area contributed by atoms with Gasteiger partial charge in [-0.15, -0.1) is 6.42 Å². The van der Waals surface area contributed by atoms with Gasteiger partial charge in [-0.25, -0.2) is 0 Å². The van der Waals surface area contributed by atoms with Crippen LogP contribution in [0.15, 0.2) is 0 Å². The smallest absolute Gasteiger partial charge is 0.0898 e. The largest absolute Gasteiger partial charge is 0.389 e. The molecule has 2 atom stereocenters. The SMILES string of the molecule is C#CC(C)NCC(O)COCCOCCCC. The van der Waals surface area contributed by atoms with Gasteiger partial charge in [-0.1, -0.05) is 19.3 Å². The van der Waals surface area contributed by atoms with Gasteiger partial charge in [0.15, 0.2) is 0 Å². The number of terminal acetylenes is 1. The summed E-state index contributed by atoms with van der Waals surface area (Å²) >= 11 is 0. The first-order valence-electron chi connectivity index (χ1n) is 6.23. The lowest BCUT2D eigenvalue weighted by Crippen LogP contribution is -2.35. The third kappa shape index (κ3) is 11.7. The fourth-order valence-electron chi connectivity index (χ4n) is 1.12. The molecule has 0 saturated heterocycles. The molecule has 17 heavy (non-hydrogen) atoms. The Kier molecular flexibility index (Phi) is 11.5. The number of aliphatic hydroxyl groups excluding tert-OH is 1. The summed E-state index contributed by atoms with van der Waals surface area (Å²) in [5, 5.41) is 12.5. The van der Waals surface area contributed by atoms with Crippen molar-refractivity contribution >= 4 is 0 Å². The zero-order valence-corrected chi connectivity index (χ0v) is 10.9. The van der Waals surface area contributed by atoms with E-state index in [9.17, 15) is 5.11 Å². The van der Waals surface area contributed by atoms with Crippen molar-refractivity contribution in [2.24, 2.45) is 0 Å². The summed E-state index contributed by atoms with van der Waals surface area (Å²) in [5.41, 5.74) is 0. The molecule has 2 N–H and O–H groups in total. The minimum absolute atomic E-state index is 0.0259. The van der Waals surface area contributed by atoms with E-state index >= 15 is 0 Å². The van der Waals surface area contributed by atoms with E-state index in [0.29, 0.717) is 26.4 Å². The van der Waals surface area contributed by atoms with Crippen LogP contribution in [0.2, 0.25) is 0 Å². The standard InChI is InChI=1S/C13H25NO3/c1-4-6-7-16-8-9-17-11-13(15)10-14-12(3)5-2/h2,12-15H,4,6-11H2,1,3H3. The van der Waals surface area contributed by atoms with Crippen LogP contribution in [0.25, 0.3) is 0 Å². The van der Waals surface area contributed by atoms with Gasteiger partial charge in [0, 0.05) is 13.2 Å². The minimum atomic E-state index is -0.526. The molecular formula is C13H25NO3. The molecule has 0 spiro atoms. The molecule has 0 rings (SSSR count). The Morgan fingerprint density at radius 3 is 2.65 bits per heavy atom. The molecule has 0 aliphatic carbocycles. The van der Waals surface area contributed by atoms with Crippen molar-refractivity contribution in [3.05, 3.63) is 0 Å². The van der Waals surface area contributed by atoms with Crippen molar-refractivity contribution < 1.29 is 14.6 Å². The van der Waals surface area contributed by atoms with E-state index in [0.717, 1.165) is 19.4 Å². The predicted octanol–water partition coefficient (Wildman–Crippen LogP) is 0.792. The van der Waals surface area contributed by atoms with Crippen molar-refractivity contribution in [1.82, 2.24) is 5.32 Å². The highest BCUT2D eigenvalue weighted by atomic mass is 16.5. The predicted molar refractivity (Wildman–Crippen MR) is 68.9 cm³/mol. The second-order valence-electron chi connectivity index (χ2n) is 3.99. The topological polar surface area (TPSA) is 50.7 Å². The molecule has 100 valence electrons. The summed E-state index contributed by atoms with van der Waals surface area (Å²) in [7, 11) is 0. The summed E-state index contributed by atoms with van der Waals surface area (Å²) < 4.78 is 10.6. The Morgan fingerprint density at radius 2 is 2.00 bits per heavy atom. The third-order valence-electron chi connectivity index (χ3n) is 2.23. The molecule has 0 aromatic heterocycles. The fraction of sp³-hybridized carbons (Fsp3) is 0.846. The maximum absolute atomic E-state index is 9.54. The van der Waals surface area contributed by atoms with E-state index in [1.807, 2.05) is 6.92 Å². The molecule has 0 heterocycles. The highest BCUT2D eigenvalue weighted by Gasteiger charge is 2.05. The van der Waals surface area contributed by atoms with Crippen molar-refractivity contribution in [2.45, 2.75) is 38.8 Å². The molecule has 0 aliphatic rings. The number of nitrogens with one attached hydrogen (secondary N) is 1. The van der Waals surface area contributed by atoms with Crippen LogP contribution < -0.4 is 5.32 Å². The highest BCUT2D eigenvalue weighted by Crippen LogP contribution is 1.89. The average Bonchev–Trinajstić information content (AvgIpc) is 2.34. The summed E-state index contributed by atoms with van der Waals surface area (Å²) in [6, 6.07) is -0.0259. The lowest BCUT2D eigenvalue weighted by atomic mass is 10.3. The summed E-state index contributed by atoms with van der Waals surface area (Å²) in [5.74, 6) is 2.53. The molecule has 4 heteroatoms. The molecule has 0 fully saturated rings. The van der Waals surface area contributed by atoms with Crippen molar-refractivity contribution in [3.8, 4) is 12.3 Å². The van der Waals surface area contributed by atoms with E-state index in [2.05, 4.69) is 18.2 Å². The third-order valence-corrected chi connectivity index (χ3v) is 2.23. The number of hydrogen-bond donors (Lipinski definition) is 2. The maximum atomic E-state index is 9.54. The fourth-order valence-corrected chi connectivity index (χ4v) is 1.12. The quantitative estimate of drug-likeness (QED) is 0.416. The van der Waals surface area contributed by atoms with Crippen molar-refractivity contribution in [2.75, 3.05) is 33.0 Å². The molecular weight excluding hydrogens is 218 g/mol. The van der Waals surface area contributed by atoms with Crippen LogP contribution in [0.3, 0.4) is 0 Å². The Balaban J connectivity index is 3.22. The number of rotatable bonds is 11. The first-order chi connectivity index (χ1) is 8.20. The molecule has 0 aromatic carbocycles. The average molecular weight is 243 g/mol. The van der Waals surface area contributed by atoms with Crippen LogP contribution in [-0.2, 0) is 9.47 Å². The van der Waals surface area contributed by atoms with Gasteiger partial charge in [-0.2, -0.15) is 0 Å². The monoisotopic (exact) mass is 243 g/mol. The normalized spacial score (nSPS) is 14.2. The van der Waals surface area contributed by atoms with Gasteiger partial charge in [0.2, 0.25) is 0 Å². The van der Waals surface area contributed by atoms with Crippen molar-refractivity contribution in [1.29, 1.82) is 0 Å². The molecule has 0 saturated carbocycles. The molecule has 0 amide bonds. The molecule has 0 aliphatic heterocycles. The number of aliphatic hydroxyl groups is 1. The van der Waals surface area contributed by atoms with Crippen molar-refractivity contribution in [3.63, 3.8) is 0 Å². The van der Waals surface area contributed by atoms with Crippen LogP contribution >= 0.6 is 0 Å². The van der Waals surface area contributed by atoms with E-state index in [-0.39, 0.29) is 6.04 Å². The lowest BCUT2D eigenvalue weighted by molar-refractivity contribution is 0.00370. The summed E-state index contributed by atoms with van der Waals surface area (Å²) in [4.78, 5) is 0. The first kappa shape index (κ1) is 16.4. The van der Waals surface area contributed by atoms with E-state index in [1.165, 1.54) is 0 Å². The number of hydrogen-bond acceptors (Lipinski definition) is 4. The second kappa shape index (κ2) is 11.9. The Hall–Kier alpha value is -0.600. The van der Waals surface area contributed by atoms with Gasteiger partial charge in [0.05, 0.1) is 32.0 Å². The Morgan fingerprint density at radius 1 is 1.29 bits per heavy atom. The van der Waals surface area contributed by atoms with Gasteiger partial charge in [0.25, 0.3) is 0 Å². The molecule has 0 radical (unpaired) electrons. The second-order valence-corrected chi connectivity index (χ2v) is 3.99. The summed E-state index contributed by atoms with van der Waals surface area (Å²) in [6.07, 6.45) is 6.89. The molecule has 2 unspecified atom stereocenters. The van der Waals surface area contributed by atoms with Crippen LogP contribution in [0.4, 0.5) is 0 Å². The molecule has 0 aromatic rings. The van der Waals surface area contributed by atoms with Crippen LogP contribution in [0, 0.1) is 12.3 Å². The number of ether oxygens (including phenoxy) is 2. The van der Waals surface area contributed by atoms with Gasteiger partial charge >= 0.3 is 0 Å². The van der Waals surface area contributed by atoms with Gasteiger partial charge < -0.3 is 19.9 Å². The van der Waals surface area contributed by atoms with Gasteiger partial charge in [0.1, 0.15) is 0 Å². The first-order valence-corrected chi connectivity index (χ1v) is 6.23. The zero-order valence-electron chi connectivity index (χ0n) is 10.9. The van der Waals surface area contributed by atoms with Crippen LogP contribution in [0.5, 0.6) is 0 Å². The maximum Gasteiger partial charge on any atom is 0.0898 e. The van der Waals surface area contributed by atoms with Crippen LogP contribution in [-0.4, -0.2) is 50.2 Å². The minimum Gasteiger partial charge on any atom is -0.389 e. The lowest BCUT2D eigenvalue weighted by Gasteiger charge is -2.13. The van der Waals surface area contributed by atoms with E-state index in [4.69, 9.17) is 15.9 Å².